The molecule has 0 saturated carbocycles. The summed E-state index contributed by atoms with van der Waals surface area (Å²) < 4.78 is 10.6. The van der Waals surface area contributed by atoms with Crippen LogP contribution in [-0.4, -0.2) is 19.3 Å². The molecule has 1 N–H and O–H groups in total. The van der Waals surface area contributed by atoms with Crippen molar-refractivity contribution < 1.29 is 14.6 Å². The van der Waals surface area contributed by atoms with E-state index in [-0.39, 0.29) is 0 Å². The monoisotopic (exact) mass is 286 g/mol. The summed E-state index contributed by atoms with van der Waals surface area (Å²) in [7, 11) is 3.22. The molecule has 0 radical (unpaired) electrons. The number of benzene rings is 2. The highest BCUT2D eigenvalue weighted by Crippen LogP contribution is 2.32. The van der Waals surface area contributed by atoms with Gasteiger partial charge in [-0.2, -0.15) is 0 Å². The second-order valence-corrected chi connectivity index (χ2v) is 5.45. The summed E-state index contributed by atoms with van der Waals surface area (Å²) >= 11 is 0. The summed E-state index contributed by atoms with van der Waals surface area (Å²) in [6.07, 6.45) is 0.512. The fraction of sp³-hybridized carbons (Fsp3) is 0.333. The molecule has 3 heteroatoms. The minimum absolute atomic E-state index is 0.512. The topological polar surface area (TPSA) is 38.7 Å². The predicted octanol–water partition coefficient (Wildman–Crippen LogP) is 3.46. The minimum Gasteiger partial charge on any atom is -0.493 e. The van der Waals surface area contributed by atoms with E-state index in [0.29, 0.717) is 17.9 Å². The normalized spacial score (nSPS) is 13.6. The van der Waals surface area contributed by atoms with Gasteiger partial charge < -0.3 is 14.6 Å². The van der Waals surface area contributed by atoms with Gasteiger partial charge in [0.05, 0.1) is 19.8 Å². The van der Waals surface area contributed by atoms with E-state index >= 15 is 0 Å². The molecule has 0 heterocycles. The zero-order valence-electron chi connectivity index (χ0n) is 13.0. The molecule has 0 bridgehead atoms. The molecule has 0 saturated heterocycles. The molecule has 1 atom stereocenters. The lowest BCUT2D eigenvalue weighted by atomic mass is 9.86. The van der Waals surface area contributed by atoms with Gasteiger partial charge in [-0.05, 0) is 42.7 Å². The number of hydrogen-bond acceptors (Lipinski definition) is 3. The van der Waals surface area contributed by atoms with Gasteiger partial charge in [-0.1, -0.05) is 30.3 Å². The van der Waals surface area contributed by atoms with Crippen LogP contribution in [0.5, 0.6) is 11.5 Å². The Balaban J connectivity index is 2.30. The molecule has 112 valence electrons. The van der Waals surface area contributed by atoms with Crippen LogP contribution in [0.15, 0.2) is 42.5 Å². The summed E-state index contributed by atoms with van der Waals surface area (Å²) in [5.41, 5.74) is 2.11. The van der Waals surface area contributed by atoms with Gasteiger partial charge in [0.15, 0.2) is 11.5 Å². The Labute approximate surface area is 126 Å². The summed E-state index contributed by atoms with van der Waals surface area (Å²) in [5, 5.41) is 10.8. The van der Waals surface area contributed by atoms with Gasteiger partial charge in [-0.3, -0.25) is 0 Å². The quantitative estimate of drug-likeness (QED) is 0.914. The average molecular weight is 286 g/mol. The number of ether oxygens (including phenoxy) is 2. The van der Waals surface area contributed by atoms with Crippen molar-refractivity contribution in [3.8, 4) is 11.5 Å². The molecule has 0 aromatic heterocycles. The summed E-state index contributed by atoms with van der Waals surface area (Å²) in [6, 6.07) is 13.6. The number of aliphatic hydroxyl groups is 1. The van der Waals surface area contributed by atoms with E-state index in [2.05, 4.69) is 0 Å². The number of aryl methyl sites for hydroxylation is 1. The lowest BCUT2D eigenvalue weighted by Gasteiger charge is -2.26. The summed E-state index contributed by atoms with van der Waals surface area (Å²) in [5.74, 6) is 1.37. The van der Waals surface area contributed by atoms with Gasteiger partial charge in [0.1, 0.15) is 0 Å². The van der Waals surface area contributed by atoms with E-state index in [1.807, 2.05) is 56.3 Å². The van der Waals surface area contributed by atoms with Gasteiger partial charge in [-0.15, -0.1) is 0 Å². The molecular weight excluding hydrogens is 264 g/mol. The van der Waals surface area contributed by atoms with Crippen LogP contribution in [0, 0.1) is 6.92 Å². The molecule has 0 aliphatic heterocycles. The van der Waals surface area contributed by atoms with Crippen LogP contribution >= 0.6 is 0 Å². The highest BCUT2D eigenvalue weighted by molar-refractivity contribution is 5.44. The molecule has 2 rings (SSSR count). The first-order chi connectivity index (χ1) is 9.97. The van der Waals surface area contributed by atoms with Gasteiger partial charge >= 0.3 is 0 Å². The van der Waals surface area contributed by atoms with Crippen LogP contribution in [0.25, 0.3) is 0 Å². The minimum atomic E-state index is -0.926. The average Bonchev–Trinajstić information content (AvgIpc) is 2.47. The van der Waals surface area contributed by atoms with Crippen molar-refractivity contribution >= 4 is 0 Å². The van der Waals surface area contributed by atoms with Crippen molar-refractivity contribution in [2.75, 3.05) is 14.2 Å². The standard InChI is InChI=1S/C18H22O3/c1-13-7-5-6-8-15(13)18(2,19)12-14-9-10-16(20-3)17(11-14)21-4/h5-11,19H,12H2,1-4H3. The van der Waals surface area contributed by atoms with E-state index in [4.69, 9.17) is 9.47 Å². The fourth-order valence-corrected chi connectivity index (χ4v) is 2.66. The van der Waals surface area contributed by atoms with Crippen LogP contribution in [0.1, 0.15) is 23.6 Å². The maximum Gasteiger partial charge on any atom is 0.160 e. The molecule has 0 aliphatic carbocycles. The van der Waals surface area contributed by atoms with Gasteiger partial charge in [0, 0.05) is 6.42 Å². The Morgan fingerprint density at radius 1 is 1.00 bits per heavy atom. The molecule has 21 heavy (non-hydrogen) atoms. The zero-order chi connectivity index (χ0) is 15.5. The molecular formula is C18H22O3. The van der Waals surface area contributed by atoms with E-state index in [9.17, 15) is 5.11 Å². The largest absolute Gasteiger partial charge is 0.493 e. The van der Waals surface area contributed by atoms with E-state index in [1.54, 1.807) is 14.2 Å². The molecule has 0 amide bonds. The van der Waals surface area contributed by atoms with Crippen molar-refractivity contribution in [1.29, 1.82) is 0 Å². The Hall–Kier alpha value is -2.00. The van der Waals surface area contributed by atoms with E-state index < -0.39 is 5.60 Å². The maximum atomic E-state index is 10.8. The third-order valence-electron chi connectivity index (χ3n) is 3.72. The molecule has 3 nitrogen and oxygen atoms in total. The second-order valence-electron chi connectivity index (χ2n) is 5.45. The molecule has 1 unspecified atom stereocenters. The Kier molecular flexibility index (Phi) is 4.53. The third-order valence-corrected chi connectivity index (χ3v) is 3.72. The fourth-order valence-electron chi connectivity index (χ4n) is 2.66. The molecule has 0 fully saturated rings. The van der Waals surface area contributed by atoms with Crippen molar-refractivity contribution in [3.05, 3.63) is 59.2 Å². The van der Waals surface area contributed by atoms with Gasteiger partial charge in [0.2, 0.25) is 0 Å². The second kappa shape index (κ2) is 6.19. The smallest absolute Gasteiger partial charge is 0.160 e. The molecule has 0 aliphatic rings. The van der Waals surface area contributed by atoms with Crippen LogP contribution in [0.3, 0.4) is 0 Å². The van der Waals surface area contributed by atoms with Crippen LogP contribution < -0.4 is 9.47 Å². The summed E-state index contributed by atoms with van der Waals surface area (Å²) in [6.45, 7) is 3.85. The predicted molar refractivity (Wildman–Crippen MR) is 84.0 cm³/mol. The SMILES string of the molecule is COc1ccc(CC(C)(O)c2ccccc2C)cc1OC. The summed E-state index contributed by atoms with van der Waals surface area (Å²) in [4.78, 5) is 0. The van der Waals surface area contributed by atoms with Gasteiger partial charge in [-0.25, -0.2) is 0 Å². The number of rotatable bonds is 5. The van der Waals surface area contributed by atoms with E-state index in [1.165, 1.54) is 0 Å². The lowest BCUT2D eigenvalue weighted by Crippen LogP contribution is -2.25. The highest BCUT2D eigenvalue weighted by atomic mass is 16.5. The van der Waals surface area contributed by atoms with Crippen LogP contribution in [-0.2, 0) is 12.0 Å². The Morgan fingerprint density at radius 3 is 2.29 bits per heavy atom. The maximum absolute atomic E-state index is 10.8. The number of methoxy groups -OCH3 is 2. The van der Waals surface area contributed by atoms with E-state index in [0.717, 1.165) is 16.7 Å². The van der Waals surface area contributed by atoms with Gasteiger partial charge in [0.25, 0.3) is 0 Å². The Morgan fingerprint density at radius 2 is 1.67 bits per heavy atom. The number of hydrogen-bond donors (Lipinski definition) is 1. The Bertz CT molecular complexity index is 618. The van der Waals surface area contributed by atoms with Crippen molar-refractivity contribution in [2.24, 2.45) is 0 Å². The van der Waals surface area contributed by atoms with Crippen molar-refractivity contribution in [2.45, 2.75) is 25.9 Å². The molecule has 0 spiro atoms. The molecule has 2 aromatic rings. The third kappa shape index (κ3) is 3.37. The highest BCUT2D eigenvalue weighted by Gasteiger charge is 2.25. The first kappa shape index (κ1) is 15.4. The first-order valence-corrected chi connectivity index (χ1v) is 6.97. The molecule has 2 aromatic carbocycles. The zero-order valence-corrected chi connectivity index (χ0v) is 13.0. The lowest BCUT2D eigenvalue weighted by molar-refractivity contribution is 0.0569. The van der Waals surface area contributed by atoms with Crippen molar-refractivity contribution in [3.63, 3.8) is 0 Å². The van der Waals surface area contributed by atoms with Crippen molar-refractivity contribution in [1.82, 2.24) is 0 Å². The van der Waals surface area contributed by atoms with Crippen LogP contribution in [0.4, 0.5) is 0 Å². The first-order valence-electron chi connectivity index (χ1n) is 6.97. The van der Waals surface area contributed by atoms with Crippen LogP contribution in [0.2, 0.25) is 0 Å².